The largest absolute Gasteiger partial charge is 0.461 e. The zero-order chi connectivity index (χ0) is 35.0. The van der Waals surface area contributed by atoms with E-state index in [1.807, 2.05) is 30.4 Å². The van der Waals surface area contributed by atoms with Crippen LogP contribution < -0.4 is 4.90 Å². The molecular formula is C49H33NOS. The van der Waals surface area contributed by atoms with Crippen molar-refractivity contribution in [1.82, 2.24) is 0 Å². The lowest BCUT2D eigenvalue weighted by atomic mass is 10.0. The highest BCUT2D eigenvalue weighted by molar-refractivity contribution is 7.25. The Bertz CT molecular complexity index is 2780. The van der Waals surface area contributed by atoms with Crippen LogP contribution in [0.2, 0.25) is 0 Å². The van der Waals surface area contributed by atoms with E-state index in [2.05, 4.69) is 169 Å². The van der Waals surface area contributed by atoms with Crippen LogP contribution in [0, 0.1) is 19.3 Å². The molecule has 52 heavy (non-hydrogen) atoms. The summed E-state index contributed by atoms with van der Waals surface area (Å²) >= 11 is 1.85. The maximum absolute atomic E-state index is 6.01. The molecule has 7 aromatic carbocycles. The van der Waals surface area contributed by atoms with Gasteiger partial charge in [-0.1, -0.05) is 103 Å². The molecule has 0 aliphatic carbocycles. The number of aryl methyl sites for hydroxylation is 1. The quantitative estimate of drug-likeness (QED) is 0.156. The molecule has 9 aromatic rings. The molecular weight excluding hydrogens is 651 g/mol. The van der Waals surface area contributed by atoms with Crippen LogP contribution in [0.25, 0.3) is 70.6 Å². The van der Waals surface area contributed by atoms with Crippen LogP contribution in [-0.4, -0.2) is 0 Å². The summed E-state index contributed by atoms with van der Waals surface area (Å²) in [5.74, 6) is 3.45. The molecule has 0 aliphatic heterocycles. The lowest BCUT2D eigenvalue weighted by Crippen LogP contribution is -2.09. The van der Waals surface area contributed by atoms with Gasteiger partial charge in [0.05, 0.1) is 0 Å². The lowest BCUT2D eigenvalue weighted by Gasteiger charge is -2.26. The van der Waals surface area contributed by atoms with Crippen molar-refractivity contribution in [3.05, 3.63) is 181 Å². The topological polar surface area (TPSA) is 16.4 Å². The van der Waals surface area contributed by atoms with Crippen molar-refractivity contribution in [2.24, 2.45) is 0 Å². The predicted octanol–water partition coefficient (Wildman–Crippen LogP) is 14.2. The van der Waals surface area contributed by atoms with Crippen LogP contribution in [0.1, 0.15) is 11.3 Å². The Kier molecular flexibility index (Phi) is 8.01. The normalized spacial score (nSPS) is 11.5. The van der Waals surface area contributed by atoms with Crippen molar-refractivity contribution in [3.8, 4) is 45.7 Å². The number of furan rings is 1. The van der Waals surface area contributed by atoms with E-state index in [0.29, 0.717) is 0 Å². The first kappa shape index (κ1) is 31.4. The summed E-state index contributed by atoms with van der Waals surface area (Å²) in [7, 11) is 0. The van der Waals surface area contributed by atoms with Gasteiger partial charge in [0, 0.05) is 48.2 Å². The van der Waals surface area contributed by atoms with Crippen LogP contribution in [0.4, 0.5) is 17.1 Å². The summed E-state index contributed by atoms with van der Waals surface area (Å²) in [6, 6.07) is 58.9. The van der Waals surface area contributed by atoms with E-state index in [-0.39, 0.29) is 0 Å². The third-order valence-electron chi connectivity index (χ3n) is 9.79. The summed E-state index contributed by atoms with van der Waals surface area (Å²) in [5.41, 5.74) is 12.2. The van der Waals surface area contributed by atoms with Gasteiger partial charge in [0.1, 0.15) is 11.3 Å². The van der Waals surface area contributed by atoms with Gasteiger partial charge >= 0.3 is 0 Å². The Morgan fingerprint density at radius 2 is 1.02 bits per heavy atom. The minimum Gasteiger partial charge on any atom is -0.461 e. The van der Waals surface area contributed by atoms with Gasteiger partial charge in [-0.3, -0.25) is 0 Å². The molecule has 2 nitrogen and oxygen atoms in total. The maximum Gasteiger partial charge on any atom is 0.134 e. The van der Waals surface area contributed by atoms with E-state index in [1.165, 1.54) is 42.4 Å². The molecule has 246 valence electrons. The second-order valence-corrected chi connectivity index (χ2v) is 14.0. The van der Waals surface area contributed by atoms with E-state index < -0.39 is 0 Å². The van der Waals surface area contributed by atoms with Crippen LogP contribution in [-0.2, 0) is 0 Å². The second-order valence-electron chi connectivity index (χ2n) is 12.9. The molecule has 0 atom stereocenters. The first-order chi connectivity index (χ1) is 25.6. The zero-order valence-electron chi connectivity index (χ0n) is 28.6. The third-order valence-corrected chi connectivity index (χ3v) is 10.9. The van der Waals surface area contributed by atoms with Gasteiger partial charge in [0.15, 0.2) is 0 Å². The van der Waals surface area contributed by atoms with Crippen LogP contribution in [0.5, 0.6) is 0 Å². The Morgan fingerprint density at radius 1 is 0.519 bits per heavy atom. The summed E-state index contributed by atoms with van der Waals surface area (Å²) in [5, 5.41) is 3.68. The fraction of sp³-hybridized carbons (Fsp3) is 0.0204. The summed E-state index contributed by atoms with van der Waals surface area (Å²) < 4.78 is 8.65. The average molecular weight is 684 g/mol. The van der Waals surface area contributed by atoms with Crippen molar-refractivity contribution in [3.63, 3.8) is 0 Å². The first-order valence-electron chi connectivity index (χ1n) is 17.4. The number of benzene rings is 7. The smallest absolute Gasteiger partial charge is 0.134 e. The van der Waals surface area contributed by atoms with Gasteiger partial charge in [-0.05, 0) is 119 Å². The van der Waals surface area contributed by atoms with Crippen molar-refractivity contribution >= 4 is 65.6 Å². The minimum absolute atomic E-state index is 0.853. The number of anilines is 3. The van der Waals surface area contributed by atoms with E-state index in [4.69, 9.17) is 10.8 Å². The molecule has 0 saturated heterocycles. The highest BCUT2D eigenvalue weighted by atomic mass is 32.1. The molecule has 0 unspecified atom stereocenters. The first-order valence-corrected chi connectivity index (χ1v) is 18.2. The Labute approximate surface area is 307 Å². The highest BCUT2D eigenvalue weighted by Gasteiger charge is 2.15. The summed E-state index contributed by atoms with van der Waals surface area (Å²) in [4.78, 5) is 2.32. The van der Waals surface area contributed by atoms with Gasteiger partial charge in [-0.2, -0.15) is 0 Å². The molecule has 0 saturated carbocycles. The van der Waals surface area contributed by atoms with Crippen LogP contribution in [0.15, 0.2) is 174 Å². The lowest BCUT2D eigenvalue weighted by molar-refractivity contribution is 0.577. The molecule has 0 spiro atoms. The van der Waals surface area contributed by atoms with Gasteiger partial charge < -0.3 is 9.32 Å². The standard InChI is InChI=1S/C49H33NOS/c1-3-4-12-43-33(2)51-47-29-21-38(31-45(43)47)36-17-25-41(26-18-36)50(40-23-15-35(16-24-40)34-10-6-5-7-11-34)42-27-19-37(20-28-42)39-22-30-49-46(32-39)44-13-8-9-14-48(44)52-49/h1,4-32H,2H3/b12-4-. The number of rotatable bonds is 7. The molecule has 0 N–H and O–H groups in total. The number of hydrogen-bond acceptors (Lipinski definition) is 3. The van der Waals surface area contributed by atoms with Crippen molar-refractivity contribution in [1.29, 1.82) is 0 Å². The Hall–Kier alpha value is -6.60. The fourth-order valence-electron chi connectivity index (χ4n) is 7.15. The molecule has 0 bridgehead atoms. The number of hydrogen-bond donors (Lipinski definition) is 0. The SMILES string of the molecule is C#C/C=C\c1c(C)oc2ccc(-c3ccc(N(c4ccc(-c5ccccc5)cc4)c4ccc(-c5ccc6sc7ccccc7c6c5)cc4)cc3)cc12. The number of allylic oxidation sites excluding steroid dienone is 1. The molecule has 0 amide bonds. The van der Waals surface area contributed by atoms with E-state index in [0.717, 1.165) is 50.5 Å². The molecule has 2 heterocycles. The molecule has 0 aliphatic rings. The Morgan fingerprint density at radius 3 is 1.65 bits per heavy atom. The Balaban J connectivity index is 1.09. The average Bonchev–Trinajstić information content (AvgIpc) is 3.74. The van der Waals surface area contributed by atoms with Gasteiger partial charge in [0.2, 0.25) is 0 Å². The van der Waals surface area contributed by atoms with E-state index >= 15 is 0 Å². The molecule has 9 rings (SSSR count). The summed E-state index contributed by atoms with van der Waals surface area (Å²) in [6.07, 6.45) is 9.18. The molecule has 3 heteroatoms. The van der Waals surface area contributed by atoms with Gasteiger partial charge in [0.25, 0.3) is 0 Å². The predicted molar refractivity (Wildman–Crippen MR) is 223 cm³/mol. The number of terminal acetylenes is 1. The molecule has 2 aromatic heterocycles. The highest BCUT2D eigenvalue weighted by Crippen LogP contribution is 2.40. The van der Waals surface area contributed by atoms with Crippen molar-refractivity contribution < 1.29 is 4.42 Å². The number of nitrogens with zero attached hydrogens (tertiary/aromatic N) is 1. The number of fused-ring (bicyclic) bond motifs is 4. The van der Waals surface area contributed by atoms with E-state index in [1.54, 1.807) is 6.08 Å². The molecule has 0 radical (unpaired) electrons. The monoisotopic (exact) mass is 683 g/mol. The van der Waals surface area contributed by atoms with Crippen molar-refractivity contribution in [2.45, 2.75) is 6.92 Å². The van der Waals surface area contributed by atoms with Gasteiger partial charge in [-0.25, -0.2) is 0 Å². The second kappa shape index (κ2) is 13.3. The van der Waals surface area contributed by atoms with E-state index in [9.17, 15) is 0 Å². The summed E-state index contributed by atoms with van der Waals surface area (Å²) in [6.45, 7) is 1.97. The van der Waals surface area contributed by atoms with Crippen LogP contribution >= 0.6 is 11.3 Å². The minimum atomic E-state index is 0.853. The molecule has 0 fully saturated rings. The number of thiophene rings is 1. The third kappa shape index (κ3) is 5.76. The maximum atomic E-state index is 6.01. The van der Waals surface area contributed by atoms with Crippen LogP contribution in [0.3, 0.4) is 0 Å². The van der Waals surface area contributed by atoms with Crippen molar-refractivity contribution in [2.75, 3.05) is 4.90 Å². The zero-order valence-corrected chi connectivity index (χ0v) is 29.4. The van der Waals surface area contributed by atoms with Gasteiger partial charge in [-0.15, -0.1) is 17.8 Å². The fourth-order valence-corrected chi connectivity index (χ4v) is 8.24.